The van der Waals surface area contributed by atoms with E-state index in [4.69, 9.17) is 0 Å². The van der Waals surface area contributed by atoms with Crippen LogP contribution in [0.4, 0.5) is 5.69 Å². The molecular formula is C25H35N3O4S. The molecule has 1 spiro atoms. The van der Waals surface area contributed by atoms with Crippen molar-refractivity contribution in [3.8, 4) is 0 Å². The van der Waals surface area contributed by atoms with Gasteiger partial charge in [0.05, 0.1) is 29.2 Å². The average molecular weight is 474 g/mol. The number of thioether (sulfide) groups is 1. The number of fused-ring (bicyclic) bond motifs is 1. The lowest BCUT2D eigenvalue weighted by atomic mass is 9.66. The smallest absolute Gasteiger partial charge is 0.248 e. The molecule has 8 heteroatoms. The van der Waals surface area contributed by atoms with Gasteiger partial charge in [-0.05, 0) is 56.7 Å². The molecule has 3 aliphatic rings. The first-order valence-corrected chi connectivity index (χ1v) is 12.8. The number of aliphatic hydroxyl groups excluding tert-OH is 1. The summed E-state index contributed by atoms with van der Waals surface area (Å²) >= 11 is 1.65. The van der Waals surface area contributed by atoms with Crippen molar-refractivity contribution < 1.29 is 19.5 Å². The van der Waals surface area contributed by atoms with Gasteiger partial charge < -0.3 is 20.6 Å². The Hall–Kier alpha value is -2.06. The highest BCUT2D eigenvalue weighted by molar-refractivity contribution is 8.02. The summed E-state index contributed by atoms with van der Waals surface area (Å²) in [6, 6.07) is 4.63. The molecule has 3 aliphatic heterocycles. The van der Waals surface area contributed by atoms with E-state index in [1.165, 1.54) is 0 Å². The van der Waals surface area contributed by atoms with E-state index in [-0.39, 0.29) is 35.5 Å². The Balaban J connectivity index is 1.75. The third-order valence-corrected chi connectivity index (χ3v) is 9.75. The van der Waals surface area contributed by atoms with Gasteiger partial charge in [0.2, 0.25) is 17.7 Å². The van der Waals surface area contributed by atoms with Gasteiger partial charge in [-0.3, -0.25) is 14.4 Å². The predicted octanol–water partition coefficient (Wildman–Crippen LogP) is 2.49. The fourth-order valence-electron chi connectivity index (χ4n) is 6.06. The summed E-state index contributed by atoms with van der Waals surface area (Å²) < 4.78 is -0.679. The SMILES string of the molecule is CCCNC(=O)[C@@H]1[C@@H]2CC(C)C3(S2)C(C(=O)Nc2cc(C)ccc2C)N([C@H](C)CO)C(=O)[C@H]13. The van der Waals surface area contributed by atoms with Crippen molar-refractivity contribution >= 4 is 35.2 Å². The number of nitrogens with one attached hydrogen (secondary N) is 2. The van der Waals surface area contributed by atoms with E-state index >= 15 is 0 Å². The minimum atomic E-state index is -0.744. The predicted molar refractivity (Wildman–Crippen MR) is 130 cm³/mol. The first-order chi connectivity index (χ1) is 15.7. The molecule has 1 aromatic rings. The van der Waals surface area contributed by atoms with Crippen molar-refractivity contribution in [1.29, 1.82) is 0 Å². The zero-order chi connectivity index (χ0) is 24.1. The molecule has 33 heavy (non-hydrogen) atoms. The first-order valence-electron chi connectivity index (χ1n) is 11.9. The summed E-state index contributed by atoms with van der Waals surface area (Å²) in [6.07, 6.45) is 1.62. The number of hydrogen-bond acceptors (Lipinski definition) is 5. The van der Waals surface area contributed by atoms with Gasteiger partial charge in [-0.2, -0.15) is 0 Å². The average Bonchev–Trinajstić information content (AvgIpc) is 3.37. The van der Waals surface area contributed by atoms with Gasteiger partial charge >= 0.3 is 0 Å². The zero-order valence-electron chi connectivity index (χ0n) is 20.1. The maximum Gasteiger partial charge on any atom is 0.248 e. The van der Waals surface area contributed by atoms with Crippen LogP contribution in [0.25, 0.3) is 0 Å². The molecular weight excluding hydrogens is 438 g/mol. The first kappa shape index (κ1) is 24.1. The molecule has 180 valence electrons. The number of carbonyl (C=O) groups is 3. The number of aliphatic hydroxyl groups is 1. The largest absolute Gasteiger partial charge is 0.394 e. The molecule has 3 unspecified atom stereocenters. The van der Waals surface area contributed by atoms with Crippen LogP contribution in [-0.4, -0.2) is 63.0 Å². The van der Waals surface area contributed by atoms with Crippen LogP contribution in [0.5, 0.6) is 0 Å². The minimum absolute atomic E-state index is 0.0217. The van der Waals surface area contributed by atoms with Crippen molar-refractivity contribution in [2.45, 2.75) is 69.5 Å². The Labute approximate surface area is 200 Å². The Morgan fingerprint density at radius 1 is 1.30 bits per heavy atom. The molecule has 3 saturated heterocycles. The number of carbonyl (C=O) groups excluding carboxylic acids is 3. The third kappa shape index (κ3) is 3.66. The summed E-state index contributed by atoms with van der Waals surface area (Å²) in [5.74, 6) is -1.42. The van der Waals surface area contributed by atoms with Crippen LogP contribution in [0.1, 0.15) is 44.7 Å². The maximum absolute atomic E-state index is 13.9. The van der Waals surface area contributed by atoms with Gasteiger partial charge in [0.25, 0.3) is 0 Å². The standard InChI is InChI=1S/C25H35N3O4S/c1-6-9-26-22(30)19-18-11-15(4)25(33-18)20(19)24(32)28(16(5)12-29)21(25)23(31)27-17-10-13(2)7-8-14(17)3/h7-8,10,15-16,18-21,29H,6,9,11-12H2,1-5H3,(H,26,30)(H,27,31)/t15?,16-,18+,19-,20+,21?,25?/m1/s1. The number of likely N-dealkylation sites (tertiary alicyclic amines) is 1. The molecule has 2 bridgehead atoms. The van der Waals surface area contributed by atoms with E-state index in [1.807, 2.05) is 39.0 Å². The van der Waals surface area contributed by atoms with Crippen molar-refractivity contribution in [3.05, 3.63) is 29.3 Å². The Bertz CT molecular complexity index is 969. The summed E-state index contributed by atoms with van der Waals surface area (Å²) in [5, 5.41) is 16.0. The lowest BCUT2D eigenvalue weighted by Crippen LogP contribution is -2.56. The minimum Gasteiger partial charge on any atom is -0.394 e. The molecule has 7 nitrogen and oxygen atoms in total. The van der Waals surface area contributed by atoms with Gasteiger partial charge in [-0.15, -0.1) is 11.8 Å². The van der Waals surface area contributed by atoms with Crippen LogP contribution in [-0.2, 0) is 14.4 Å². The molecule has 1 aromatic carbocycles. The summed E-state index contributed by atoms with van der Waals surface area (Å²) in [5.41, 5.74) is 2.71. The van der Waals surface area contributed by atoms with Crippen molar-refractivity contribution in [3.63, 3.8) is 0 Å². The van der Waals surface area contributed by atoms with E-state index in [9.17, 15) is 19.5 Å². The Morgan fingerprint density at radius 2 is 2.03 bits per heavy atom. The quantitative estimate of drug-likeness (QED) is 0.565. The van der Waals surface area contributed by atoms with Crippen molar-refractivity contribution in [1.82, 2.24) is 10.2 Å². The fourth-order valence-corrected chi connectivity index (χ4v) is 8.47. The van der Waals surface area contributed by atoms with Crippen molar-refractivity contribution in [2.24, 2.45) is 17.8 Å². The van der Waals surface area contributed by atoms with Crippen LogP contribution in [0.2, 0.25) is 0 Å². The van der Waals surface area contributed by atoms with Crippen molar-refractivity contribution in [2.75, 3.05) is 18.5 Å². The molecule has 4 rings (SSSR count). The van der Waals surface area contributed by atoms with Gasteiger partial charge in [-0.1, -0.05) is 26.0 Å². The van der Waals surface area contributed by atoms with Crippen LogP contribution >= 0.6 is 11.8 Å². The van der Waals surface area contributed by atoms with Gasteiger partial charge in [0, 0.05) is 17.5 Å². The molecule has 0 aliphatic carbocycles. The third-order valence-electron chi connectivity index (χ3n) is 7.67. The Kier molecular flexibility index (Phi) is 6.53. The van der Waals surface area contributed by atoms with E-state index in [0.717, 1.165) is 29.7 Å². The molecule has 0 radical (unpaired) electrons. The Morgan fingerprint density at radius 3 is 2.70 bits per heavy atom. The second-order valence-corrected chi connectivity index (χ2v) is 11.5. The highest BCUT2D eigenvalue weighted by Crippen LogP contribution is 2.68. The topological polar surface area (TPSA) is 98.7 Å². The van der Waals surface area contributed by atoms with Crippen LogP contribution in [0, 0.1) is 31.6 Å². The molecule has 0 saturated carbocycles. The van der Waals surface area contributed by atoms with E-state index in [0.29, 0.717) is 6.54 Å². The van der Waals surface area contributed by atoms with Gasteiger partial charge in [0.1, 0.15) is 6.04 Å². The van der Waals surface area contributed by atoms with E-state index in [1.54, 1.807) is 23.6 Å². The lowest BCUT2D eigenvalue weighted by Gasteiger charge is -2.39. The number of aryl methyl sites for hydroxylation is 2. The van der Waals surface area contributed by atoms with Crippen LogP contribution in [0.15, 0.2) is 18.2 Å². The van der Waals surface area contributed by atoms with E-state index < -0.39 is 28.7 Å². The lowest BCUT2D eigenvalue weighted by molar-refractivity contribution is -0.141. The molecule has 0 aromatic heterocycles. The summed E-state index contributed by atoms with van der Waals surface area (Å²) in [7, 11) is 0. The highest BCUT2D eigenvalue weighted by Gasteiger charge is 2.76. The number of amides is 3. The van der Waals surface area contributed by atoms with Crippen LogP contribution in [0.3, 0.4) is 0 Å². The van der Waals surface area contributed by atoms with Gasteiger partial charge in [-0.25, -0.2) is 0 Å². The number of nitrogens with zero attached hydrogens (tertiary/aromatic N) is 1. The molecule has 3 heterocycles. The molecule has 3 N–H and O–H groups in total. The second kappa shape index (κ2) is 8.95. The van der Waals surface area contributed by atoms with Gasteiger partial charge in [0.15, 0.2) is 0 Å². The number of benzene rings is 1. The number of rotatable bonds is 7. The molecule has 3 amide bonds. The highest BCUT2D eigenvalue weighted by atomic mass is 32.2. The molecule has 7 atom stereocenters. The monoisotopic (exact) mass is 473 g/mol. The molecule has 3 fully saturated rings. The van der Waals surface area contributed by atoms with E-state index in [2.05, 4.69) is 17.6 Å². The summed E-state index contributed by atoms with van der Waals surface area (Å²) in [4.78, 5) is 42.4. The number of anilines is 1. The number of hydrogen-bond donors (Lipinski definition) is 3. The zero-order valence-corrected chi connectivity index (χ0v) is 20.9. The fraction of sp³-hybridized carbons (Fsp3) is 0.640. The normalized spacial score (nSPS) is 33.2. The van der Waals surface area contributed by atoms with Crippen LogP contribution < -0.4 is 10.6 Å². The second-order valence-electron chi connectivity index (χ2n) is 9.93. The maximum atomic E-state index is 13.9. The summed E-state index contributed by atoms with van der Waals surface area (Å²) in [6.45, 7) is 10.1.